The van der Waals surface area contributed by atoms with Crippen molar-refractivity contribution in [2.45, 2.75) is 56.4 Å². The van der Waals surface area contributed by atoms with Gasteiger partial charge in [-0.2, -0.15) is 0 Å². The van der Waals surface area contributed by atoms with Crippen LogP contribution in [0.1, 0.15) is 50.5 Å². The molecule has 3 fully saturated rings. The van der Waals surface area contributed by atoms with Gasteiger partial charge in [0.25, 0.3) is 0 Å². The maximum Gasteiger partial charge on any atom is 0.123 e. The summed E-state index contributed by atoms with van der Waals surface area (Å²) in [7, 11) is 0. The number of halogens is 1. The Balaban J connectivity index is 1.36. The molecular weight excluding hydrogens is 306 g/mol. The van der Waals surface area contributed by atoms with Gasteiger partial charge in [-0.25, -0.2) is 0 Å². The summed E-state index contributed by atoms with van der Waals surface area (Å²) < 4.78 is 5.90. The van der Waals surface area contributed by atoms with Gasteiger partial charge >= 0.3 is 0 Å². The van der Waals surface area contributed by atoms with Gasteiger partial charge in [-0.05, 0) is 81.6 Å². The van der Waals surface area contributed by atoms with Gasteiger partial charge in [-0.3, -0.25) is 0 Å². The zero-order valence-corrected chi connectivity index (χ0v) is 14.5. The van der Waals surface area contributed by atoms with Crippen LogP contribution in [0.5, 0.6) is 5.75 Å². The number of fused-ring (bicyclic) bond motifs is 4. The number of rotatable bonds is 1. The Morgan fingerprint density at radius 1 is 1.09 bits per heavy atom. The summed E-state index contributed by atoms with van der Waals surface area (Å²) in [5, 5.41) is 0.851. The van der Waals surface area contributed by atoms with E-state index in [0.29, 0.717) is 5.41 Å². The first-order chi connectivity index (χ1) is 11.2. The molecule has 0 amide bonds. The molecule has 1 aromatic rings. The Morgan fingerprint density at radius 3 is 2.70 bits per heavy atom. The van der Waals surface area contributed by atoms with Crippen LogP contribution in [0.15, 0.2) is 18.2 Å². The van der Waals surface area contributed by atoms with Gasteiger partial charge in [0.15, 0.2) is 0 Å². The zero-order chi connectivity index (χ0) is 15.4. The molecule has 2 aliphatic heterocycles. The minimum absolute atomic E-state index is 0.312. The summed E-state index contributed by atoms with van der Waals surface area (Å²) in [6, 6.07) is 7.10. The summed E-state index contributed by atoms with van der Waals surface area (Å²) in [4.78, 5) is 2.83. The highest BCUT2D eigenvalue weighted by atomic mass is 35.5. The molecule has 1 spiro atoms. The first-order valence-corrected chi connectivity index (χ1v) is 9.78. The Morgan fingerprint density at radius 2 is 1.96 bits per heavy atom. The van der Waals surface area contributed by atoms with Crippen molar-refractivity contribution >= 4 is 11.6 Å². The van der Waals surface area contributed by atoms with E-state index in [2.05, 4.69) is 17.0 Å². The summed E-state index contributed by atoms with van der Waals surface area (Å²) in [5.74, 6) is 3.13. The van der Waals surface area contributed by atoms with Crippen molar-refractivity contribution < 1.29 is 4.74 Å². The van der Waals surface area contributed by atoms with E-state index < -0.39 is 0 Å². The molecule has 0 radical (unpaired) electrons. The van der Waals surface area contributed by atoms with Crippen LogP contribution < -0.4 is 4.74 Å². The van der Waals surface area contributed by atoms with Crippen LogP contribution in [0.4, 0.5) is 0 Å². The highest BCUT2D eigenvalue weighted by Crippen LogP contribution is 2.50. The number of hydrogen-bond donors (Lipinski definition) is 0. The quantitative estimate of drug-likeness (QED) is 0.743. The number of hydrogen-bond acceptors (Lipinski definition) is 2. The lowest BCUT2D eigenvalue weighted by Crippen LogP contribution is -2.49. The van der Waals surface area contributed by atoms with Crippen LogP contribution in [-0.2, 0) is 5.41 Å². The predicted molar refractivity (Wildman–Crippen MR) is 93.3 cm³/mol. The van der Waals surface area contributed by atoms with Crippen LogP contribution in [0, 0.1) is 11.8 Å². The molecule has 2 nitrogen and oxygen atoms in total. The molecular formula is C20H26ClNO. The second-order valence-electron chi connectivity index (χ2n) is 8.30. The lowest BCUT2D eigenvalue weighted by Gasteiger charge is -2.47. The van der Waals surface area contributed by atoms with Crippen molar-refractivity contribution in [1.82, 2.24) is 4.90 Å². The molecule has 2 saturated carbocycles. The molecule has 23 heavy (non-hydrogen) atoms. The van der Waals surface area contributed by atoms with Crippen molar-refractivity contribution in [2.24, 2.45) is 11.8 Å². The van der Waals surface area contributed by atoms with Crippen LogP contribution >= 0.6 is 11.6 Å². The average Bonchev–Trinajstić information content (AvgIpc) is 3.20. The van der Waals surface area contributed by atoms with Gasteiger partial charge < -0.3 is 9.64 Å². The van der Waals surface area contributed by atoms with E-state index in [-0.39, 0.29) is 0 Å². The molecule has 2 heterocycles. The monoisotopic (exact) mass is 331 g/mol. The molecule has 4 aliphatic rings. The molecule has 3 atom stereocenters. The van der Waals surface area contributed by atoms with E-state index >= 15 is 0 Å². The molecule has 1 saturated heterocycles. The van der Waals surface area contributed by atoms with Crippen molar-refractivity contribution in [3.05, 3.63) is 28.8 Å². The summed E-state index contributed by atoms with van der Waals surface area (Å²) >= 11 is 6.29. The second kappa shape index (κ2) is 5.39. The molecule has 2 aliphatic carbocycles. The predicted octanol–water partition coefficient (Wildman–Crippen LogP) is 4.64. The van der Waals surface area contributed by atoms with E-state index in [0.717, 1.165) is 41.7 Å². The van der Waals surface area contributed by atoms with Gasteiger partial charge in [0.1, 0.15) is 5.75 Å². The Bertz CT molecular complexity index is 608. The number of ether oxygens (including phenoxy) is 1. The second-order valence-corrected chi connectivity index (χ2v) is 8.73. The average molecular weight is 332 g/mol. The topological polar surface area (TPSA) is 12.5 Å². The molecule has 0 unspecified atom stereocenters. The number of benzene rings is 1. The summed E-state index contributed by atoms with van der Waals surface area (Å²) in [5.41, 5.74) is 1.69. The van der Waals surface area contributed by atoms with Gasteiger partial charge in [-0.15, -0.1) is 0 Å². The molecule has 5 rings (SSSR count). The fraction of sp³-hybridized carbons (Fsp3) is 0.700. The maximum atomic E-state index is 6.29. The van der Waals surface area contributed by atoms with E-state index in [4.69, 9.17) is 16.3 Å². The molecule has 3 heteroatoms. The normalized spacial score (nSPS) is 35.3. The number of nitrogens with zero attached hydrogens (tertiary/aromatic N) is 1. The van der Waals surface area contributed by atoms with Gasteiger partial charge in [0.05, 0.1) is 6.61 Å². The smallest absolute Gasteiger partial charge is 0.123 e. The SMILES string of the molecule is Clc1ccc2c(c1)C1(CCO2)CCN([C@@H]2C[C@@H]3CC[C@H]2C3)CC1. The third kappa shape index (κ3) is 2.33. The molecule has 0 aromatic heterocycles. The Hall–Kier alpha value is -0.730. The van der Waals surface area contributed by atoms with E-state index in [1.165, 1.54) is 57.2 Å². The van der Waals surface area contributed by atoms with Crippen molar-refractivity contribution in [1.29, 1.82) is 0 Å². The minimum Gasteiger partial charge on any atom is -0.493 e. The standard InChI is InChI=1S/C20H26ClNO/c21-16-3-4-19-17(13-16)20(7-10-23-19)5-8-22(9-6-20)18-12-14-1-2-15(18)11-14/h3-4,13-15,18H,1-2,5-12H2/t14-,15+,18-/m1/s1. The Kier molecular flexibility index (Phi) is 3.42. The highest BCUT2D eigenvalue weighted by molar-refractivity contribution is 6.30. The van der Waals surface area contributed by atoms with Gasteiger partial charge in [-0.1, -0.05) is 18.0 Å². The third-order valence-corrected chi connectivity index (χ3v) is 7.51. The van der Waals surface area contributed by atoms with Crippen LogP contribution in [0.2, 0.25) is 5.02 Å². The zero-order valence-electron chi connectivity index (χ0n) is 13.8. The van der Waals surface area contributed by atoms with Crippen molar-refractivity contribution in [3.8, 4) is 5.75 Å². The first-order valence-electron chi connectivity index (χ1n) is 9.40. The largest absolute Gasteiger partial charge is 0.493 e. The van der Waals surface area contributed by atoms with E-state index in [1.807, 2.05) is 6.07 Å². The number of piperidine rings is 1. The lowest BCUT2D eigenvalue weighted by atomic mass is 9.69. The summed E-state index contributed by atoms with van der Waals surface area (Å²) in [6.07, 6.45) is 9.69. The van der Waals surface area contributed by atoms with Crippen molar-refractivity contribution in [3.63, 3.8) is 0 Å². The van der Waals surface area contributed by atoms with Crippen molar-refractivity contribution in [2.75, 3.05) is 19.7 Å². The van der Waals surface area contributed by atoms with Gasteiger partial charge in [0.2, 0.25) is 0 Å². The van der Waals surface area contributed by atoms with Crippen LogP contribution in [-0.4, -0.2) is 30.6 Å². The van der Waals surface area contributed by atoms with Crippen LogP contribution in [0.3, 0.4) is 0 Å². The molecule has 1 aromatic carbocycles. The van der Waals surface area contributed by atoms with Gasteiger partial charge in [0, 0.05) is 22.0 Å². The fourth-order valence-electron chi connectivity index (χ4n) is 5.99. The summed E-state index contributed by atoms with van der Waals surface area (Å²) in [6.45, 7) is 3.39. The maximum absolute atomic E-state index is 6.29. The fourth-order valence-corrected chi connectivity index (χ4v) is 6.17. The number of likely N-dealkylation sites (tertiary alicyclic amines) is 1. The molecule has 2 bridgehead atoms. The Labute approximate surface area is 144 Å². The first kappa shape index (κ1) is 14.6. The molecule has 124 valence electrons. The lowest BCUT2D eigenvalue weighted by molar-refractivity contribution is 0.0659. The van der Waals surface area contributed by atoms with E-state index in [9.17, 15) is 0 Å². The minimum atomic E-state index is 0.312. The van der Waals surface area contributed by atoms with Crippen LogP contribution in [0.25, 0.3) is 0 Å². The molecule has 0 N–H and O–H groups in total. The highest BCUT2D eigenvalue weighted by Gasteiger charge is 2.46. The van der Waals surface area contributed by atoms with E-state index in [1.54, 1.807) is 0 Å². The third-order valence-electron chi connectivity index (χ3n) is 7.28.